The highest BCUT2D eigenvalue weighted by molar-refractivity contribution is 4.40. The zero-order valence-electron chi connectivity index (χ0n) is 8.22. The van der Waals surface area contributed by atoms with Crippen LogP contribution in [0.3, 0.4) is 0 Å². The molecule has 0 spiro atoms. The molecule has 0 unspecified atom stereocenters. The van der Waals surface area contributed by atoms with Crippen LogP contribution in [0.25, 0.3) is 0 Å². The topological polar surface area (TPSA) is 52.0 Å². The predicted octanol–water partition coefficient (Wildman–Crippen LogP) is -3.24. The van der Waals surface area contributed by atoms with Gasteiger partial charge in [0.1, 0.15) is 0 Å². The van der Waals surface area contributed by atoms with Gasteiger partial charge in [0.05, 0.1) is 27.2 Å². The fourth-order valence-electron chi connectivity index (χ4n) is 1.15. The first-order valence-corrected chi connectivity index (χ1v) is 4.34. The highest BCUT2D eigenvalue weighted by Gasteiger charge is 2.12. The number of hydrogen-bond acceptors (Lipinski definition) is 2. The summed E-state index contributed by atoms with van der Waals surface area (Å²) in [6.07, 6.45) is 2.22. The molecule has 0 amide bonds. The predicted molar refractivity (Wildman–Crippen MR) is 49.2 cm³/mol. The average molecular weight is 196 g/mol. The largest absolute Gasteiger partial charge is 1.00 e. The van der Waals surface area contributed by atoms with Gasteiger partial charge in [-0.15, -0.1) is 0 Å². The number of nitrogens with two attached hydrogens (primary N) is 2. The van der Waals surface area contributed by atoms with E-state index in [1.165, 1.54) is 0 Å². The quantitative estimate of drug-likeness (QED) is 0.438. The number of halogens is 1. The molecular formula is C8H22ClN3. The fourth-order valence-corrected chi connectivity index (χ4v) is 1.15. The summed E-state index contributed by atoms with van der Waals surface area (Å²) in [5.74, 6) is 0. The summed E-state index contributed by atoms with van der Waals surface area (Å²) in [6, 6.07) is 0. The Labute approximate surface area is 82.1 Å². The van der Waals surface area contributed by atoms with Crippen LogP contribution in [0.15, 0.2) is 0 Å². The van der Waals surface area contributed by atoms with Crippen molar-refractivity contribution < 1.29 is 16.9 Å². The average Bonchev–Trinajstić information content (AvgIpc) is 1.97. The van der Waals surface area contributed by atoms with Crippen LogP contribution >= 0.6 is 0 Å². The zero-order valence-corrected chi connectivity index (χ0v) is 8.98. The second-order valence-electron chi connectivity index (χ2n) is 3.67. The highest BCUT2D eigenvalue weighted by atomic mass is 35.5. The molecule has 4 heteroatoms. The Morgan fingerprint density at radius 2 is 1.25 bits per heavy atom. The molecule has 0 aromatic rings. The van der Waals surface area contributed by atoms with E-state index in [0.29, 0.717) is 0 Å². The van der Waals surface area contributed by atoms with Crippen LogP contribution in [0.1, 0.15) is 12.8 Å². The van der Waals surface area contributed by atoms with Gasteiger partial charge in [-0.25, -0.2) is 0 Å². The normalized spacial score (nSPS) is 11.0. The van der Waals surface area contributed by atoms with Crippen LogP contribution in [0.2, 0.25) is 0 Å². The van der Waals surface area contributed by atoms with Crippen molar-refractivity contribution in [1.82, 2.24) is 0 Å². The molecule has 0 radical (unpaired) electrons. The molecule has 76 valence electrons. The van der Waals surface area contributed by atoms with Gasteiger partial charge in [0.25, 0.3) is 0 Å². The van der Waals surface area contributed by atoms with Crippen LogP contribution in [0.5, 0.6) is 0 Å². The summed E-state index contributed by atoms with van der Waals surface area (Å²) in [7, 11) is 4.46. The lowest BCUT2D eigenvalue weighted by atomic mass is 10.3. The van der Waals surface area contributed by atoms with Crippen LogP contribution in [-0.4, -0.2) is 44.8 Å². The summed E-state index contributed by atoms with van der Waals surface area (Å²) in [5, 5.41) is 0. The lowest BCUT2D eigenvalue weighted by molar-refractivity contribution is -0.890. The molecule has 0 bridgehead atoms. The van der Waals surface area contributed by atoms with Gasteiger partial charge in [0.15, 0.2) is 0 Å². The number of nitrogens with zero attached hydrogens (tertiary/aromatic N) is 1. The van der Waals surface area contributed by atoms with E-state index in [0.717, 1.165) is 43.5 Å². The SMILES string of the molecule is C[N+](C)(CCCN)CCCN.[Cl-]. The maximum Gasteiger partial charge on any atom is 0.0794 e. The molecule has 0 fully saturated rings. The van der Waals surface area contributed by atoms with E-state index in [1.807, 2.05) is 0 Å². The van der Waals surface area contributed by atoms with E-state index in [9.17, 15) is 0 Å². The van der Waals surface area contributed by atoms with Gasteiger partial charge in [-0.2, -0.15) is 0 Å². The molecule has 0 aromatic heterocycles. The van der Waals surface area contributed by atoms with Gasteiger partial charge < -0.3 is 28.4 Å². The van der Waals surface area contributed by atoms with E-state index < -0.39 is 0 Å². The first-order chi connectivity index (χ1) is 5.12. The lowest BCUT2D eigenvalue weighted by Gasteiger charge is -2.29. The van der Waals surface area contributed by atoms with Crippen LogP contribution in [0, 0.1) is 0 Å². The molecular weight excluding hydrogens is 174 g/mol. The van der Waals surface area contributed by atoms with Crippen molar-refractivity contribution in [2.24, 2.45) is 11.5 Å². The Kier molecular flexibility index (Phi) is 9.54. The molecule has 0 saturated heterocycles. The van der Waals surface area contributed by atoms with Crippen molar-refractivity contribution in [2.45, 2.75) is 12.8 Å². The summed E-state index contributed by atoms with van der Waals surface area (Å²) >= 11 is 0. The van der Waals surface area contributed by atoms with Crippen molar-refractivity contribution in [3.8, 4) is 0 Å². The first-order valence-electron chi connectivity index (χ1n) is 4.34. The van der Waals surface area contributed by atoms with E-state index >= 15 is 0 Å². The molecule has 4 N–H and O–H groups in total. The standard InChI is InChI=1S/C8H22N3.ClH/c1-11(2,7-3-5-9)8-4-6-10;/h3-10H2,1-2H3;1H/q+1;/p-1. The van der Waals surface area contributed by atoms with Gasteiger partial charge in [0.2, 0.25) is 0 Å². The molecule has 3 nitrogen and oxygen atoms in total. The van der Waals surface area contributed by atoms with Gasteiger partial charge in [-0.05, 0) is 13.1 Å². The summed E-state index contributed by atoms with van der Waals surface area (Å²) in [4.78, 5) is 0. The summed E-state index contributed by atoms with van der Waals surface area (Å²) < 4.78 is 1.05. The van der Waals surface area contributed by atoms with Crippen molar-refractivity contribution in [2.75, 3.05) is 40.3 Å². The Hall–Kier alpha value is 0.170. The third-order valence-electron chi connectivity index (χ3n) is 1.94. The van der Waals surface area contributed by atoms with Crippen molar-refractivity contribution in [3.63, 3.8) is 0 Å². The molecule has 0 atom stereocenters. The number of quaternary nitrogens is 1. The molecule has 0 saturated carbocycles. The first kappa shape index (κ1) is 14.7. The number of rotatable bonds is 6. The molecule has 0 aliphatic carbocycles. The van der Waals surface area contributed by atoms with E-state index in [-0.39, 0.29) is 12.4 Å². The number of hydrogen-bond donors (Lipinski definition) is 2. The highest BCUT2D eigenvalue weighted by Crippen LogP contribution is 1.99. The fraction of sp³-hybridized carbons (Fsp3) is 1.00. The van der Waals surface area contributed by atoms with Gasteiger partial charge in [-0.1, -0.05) is 0 Å². The van der Waals surface area contributed by atoms with Crippen LogP contribution in [0.4, 0.5) is 0 Å². The lowest BCUT2D eigenvalue weighted by Crippen LogP contribution is -3.00. The van der Waals surface area contributed by atoms with Crippen molar-refractivity contribution in [3.05, 3.63) is 0 Å². The zero-order chi connectivity index (χ0) is 8.74. The monoisotopic (exact) mass is 195 g/mol. The second-order valence-corrected chi connectivity index (χ2v) is 3.67. The minimum atomic E-state index is 0. The second kappa shape index (κ2) is 7.80. The van der Waals surface area contributed by atoms with Crippen LogP contribution in [-0.2, 0) is 0 Å². The minimum absolute atomic E-state index is 0. The Balaban J connectivity index is 0. The van der Waals surface area contributed by atoms with Crippen molar-refractivity contribution in [1.29, 1.82) is 0 Å². The molecule has 0 rings (SSSR count). The van der Waals surface area contributed by atoms with Crippen molar-refractivity contribution >= 4 is 0 Å². The van der Waals surface area contributed by atoms with Gasteiger partial charge >= 0.3 is 0 Å². The Morgan fingerprint density at radius 3 is 1.50 bits per heavy atom. The Morgan fingerprint density at radius 1 is 0.917 bits per heavy atom. The molecule has 0 heterocycles. The van der Waals surface area contributed by atoms with E-state index in [4.69, 9.17) is 11.5 Å². The molecule has 0 aromatic carbocycles. The summed E-state index contributed by atoms with van der Waals surface area (Å²) in [6.45, 7) is 3.92. The van der Waals surface area contributed by atoms with E-state index in [2.05, 4.69) is 14.1 Å². The van der Waals surface area contributed by atoms with Gasteiger partial charge in [0, 0.05) is 12.8 Å². The third kappa shape index (κ3) is 8.27. The maximum absolute atomic E-state index is 5.43. The smallest absolute Gasteiger partial charge is 0.0794 e. The Bertz CT molecular complexity index is 86.3. The molecule has 0 aliphatic heterocycles. The summed E-state index contributed by atoms with van der Waals surface area (Å²) in [5.41, 5.74) is 10.9. The van der Waals surface area contributed by atoms with E-state index in [1.54, 1.807) is 0 Å². The van der Waals surface area contributed by atoms with Crippen LogP contribution < -0.4 is 23.9 Å². The molecule has 12 heavy (non-hydrogen) atoms. The minimum Gasteiger partial charge on any atom is -1.00 e. The third-order valence-corrected chi connectivity index (χ3v) is 1.94. The maximum atomic E-state index is 5.43. The molecule has 0 aliphatic rings. The van der Waals surface area contributed by atoms with Gasteiger partial charge in [-0.3, -0.25) is 0 Å².